The van der Waals surface area contributed by atoms with Gasteiger partial charge in [0.25, 0.3) is 5.56 Å². The minimum atomic E-state index is -0.160. The summed E-state index contributed by atoms with van der Waals surface area (Å²) in [5, 5.41) is 5.26. The molecule has 2 aromatic carbocycles. The SMILES string of the molecule is COc1ccc(CNC(=O)CSc2nc3ccsc3c(=O)n2-c2cc(C)ccc2C)cc1OC. The highest BCUT2D eigenvalue weighted by Gasteiger charge is 2.17. The molecule has 34 heavy (non-hydrogen) atoms. The van der Waals surface area contributed by atoms with Gasteiger partial charge in [-0.2, -0.15) is 0 Å². The van der Waals surface area contributed by atoms with E-state index in [1.165, 1.54) is 23.1 Å². The van der Waals surface area contributed by atoms with E-state index in [0.717, 1.165) is 22.4 Å². The Morgan fingerprint density at radius 3 is 2.65 bits per heavy atom. The number of hydrogen-bond donors (Lipinski definition) is 1. The van der Waals surface area contributed by atoms with E-state index in [4.69, 9.17) is 14.5 Å². The van der Waals surface area contributed by atoms with Crippen LogP contribution in [0.3, 0.4) is 0 Å². The molecule has 0 spiro atoms. The first-order valence-corrected chi connectivity index (χ1v) is 12.5. The Bertz CT molecular complexity index is 1410. The van der Waals surface area contributed by atoms with Gasteiger partial charge in [0.15, 0.2) is 16.7 Å². The second kappa shape index (κ2) is 10.3. The van der Waals surface area contributed by atoms with E-state index in [1.54, 1.807) is 24.9 Å². The van der Waals surface area contributed by atoms with Gasteiger partial charge in [-0.25, -0.2) is 4.98 Å². The molecule has 4 aromatic rings. The summed E-state index contributed by atoms with van der Waals surface area (Å²) in [6.07, 6.45) is 0. The molecule has 1 N–H and O–H groups in total. The molecule has 0 radical (unpaired) electrons. The molecular weight excluding hydrogens is 470 g/mol. The summed E-state index contributed by atoms with van der Waals surface area (Å²) in [6.45, 7) is 4.30. The van der Waals surface area contributed by atoms with E-state index in [1.807, 2.05) is 55.6 Å². The zero-order valence-corrected chi connectivity index (χ0v) is 21.0. The van der Waals surface area contributed by atoms with E-state index in [-0.39, 0.29) is 17.2 Å². The van der Waals surface area contributed by atoms with Crippen LogP contribution in [-0.2, 0) is 11.3 Å². The summed E-state index contributed by atoms with van der Waals surface area (Å²) in [6, 6.07) is 13.3. The molecule has 0 aliphatic carbocycles. The Balaban J connectivity index is 1.55. The Kier molecular flexibility index (Phi) is 7.23. The molecule has 2 aromatic heterocycles. The third-order valence-corrected chi connectivity index (χ3v) is 7.15. The number of carbonyl (C=O) groups is 1. The molecule has 176 valence electrons. The number of rotatable bonds is 8. The maximum atomic E-state index is 13.3. The molecule has 1 amide bonds. The fraction of sp³-hybridized carbons (Fsp3) is 0.240. The van der Waals surface area contributed by atoms with Gasteiger partial charge in [-0.05, 0) is 60.2 Å². The number of aromatic nitrogens is 2. The summed E-state index contributed by atoms with van der Waals surface area (Å²) in [7, 11) is 3.15. The van der Waals surface area contributed by atoms with Crippen molar-refractivity contribution >= 4 is 39.2 Å². The van der Waals surface area contributed by atoms with E-state index < -0.39 is 0 Å². The summed E-state index contributed by atoms with van der Waals surface area (Å²) < 4.78 is 12.8. The number of hydrogen-bond acceptors (Lipinski definition) is 7. The average Bonchev–Trinajstić information content (AvgIpc) is 3.32. The summed E-state index contributed by atoms with van der Waals surface area (Å²) in [5.41, 5.74) is 4.20. The molecule has 2 heterocycles. The van der Waals surface area contributed by atoms with Crippen LogP contribution in [0.5, 0.6) is 11.5 Å². The molecule has 0 unspecified atom stereocenters. The van der Waals surface area contributed by atoms with Crippen LogP contribution in [0.1, 0.15) is 16.7 Å². The molecule has 0 aliphatic rings. The molecule has 0 saturated heterocycles. The van der Waals surface area contributed by atoms with Crippen LogP contribution in [0, 0.1) is 13.8 Å². The molecule has 0 fully saturated rings. The van der Waals surface area contributed by atoms with Crippen LogP contribution in [0.2, 0.25) is 0 Å². The minimum Gasteiger partial charge on any atom is -0.493 e. The van der Waals surface area contributed by atoms with Gasteiger partial charge in [0.1, 0.15) is 4.70 Å². The minimum absolute atomic E-state index is 0.123. The van der Waals surface area contributed by atoms with Crippen LogP contribution in [-0.4, -0.2) is 35.4 Å². The predicted molar refractivity (Wildman–Crippen MR) is 137 cm³/mol. The number of thioether (sulfide) groups is 1. The predicted octanol–water partition coefficient (Wildman–Crippen LogP) is 4.49. The van der Waals surface area contributed by atoms with Gasteiger partial charge < -0.3 is 14.8 Å². The van der Waals surface area contributed by atoms with Crippen molar-refractivity contribution < 1.29 is 14.3 Å². The quantitative estimate of drug-likeness (QED) is 0.287. The number of carbonyl (C=O) groups excluding carboxylic acids is 1. The van der Waals surface area contributed by atoms with E-state index in [9.17, 15) is 9.59 Å². The second-order valence-electron chi connectivity index (χ2n) is 7.71. The van der Waals surface area contributed by atoms with Crippen LogP contribution < -0.4 is 20.3 Å². The van der Waals surface area contributed by atoms with E-state index in [2.05, 4.69) is 5.32 Å². The first-order valence-electron chi connectivity index (χ1n) is 10.6. The van der Waals surface area contributed by atoms with Gasteiger partial charge in [0.05, 0.1) is 31.2 Å². The smallest absolute Gasteiger partial charge is 0.276 e. The van der Waals surface area contributed by atoms with Crippen molar-refractivity contribution in [2.75, 3.05) is 20.0 Å². The largest absolute Gasteiger partial charge is 0.493 e. The number of ether oxygens (including phenoxy) is 2. The highest BCUT2D eigenvalue weighted by molar-refractivity contribution is 7.99. The molecular formula is C25H25N3O4S2. The van der Waals surface area contributed by atoms with Crippen LogP contribution in [0.15, 0.2) is 57.8 Å². The molecule has 0 bridgehead atoms. The standard InChI is InChI=1S/C25H25N3O4S2/c1-15-5-6-16(2)19(11-15)28-24(30)23-18(9-10-33-23)27-25(28)34-14-22(29)26-13-17-7-8-20(31-3)21(12-17)32-4/h5-12H,13-14H2,1-4H3,(H,26,29). The Labute approximate surface area is 205 Å². The number of benzene rings is 2. The molecule has 0 atom stereocenters. The maximum Gasteiger partial charge on any atom is 0.276 e. The van der Waals surface area contributed by atoms with Crippen molar-refractivity contribution in [3.05, 3.63) is 74.9 Å². The van der Waals surface area contributed by atoms with Crippen molar-refractivity contribution in [3.8, 4) is 17.2 Å². The number of nitrogens with zero attached hydrogens (tertiary/aromatic N) is 2. The van der Waals surface area contributed by atoms with Gasteiger partial charge in [-0.3, -0.25) is 14.2 Å². The number of fused-ring (bicyclic) bond motifs is 1. The first kappa shape index (κ1) is 23.8. The number of amides is 1. The van der Waals surface area contributed by atoms with Crippen molar-refractivity contribution in [3.63, 3.8) is 0 Å². The van der Waals surface area contributed by atoms with Gasteiger partial charge in [-0.15, -0.1) is 11.3 Å². The lowest BCUT2D eigenvalue weighted by Crippen LogP contribution is -2.26. The van der Waals surface area contributed by atoms with Gasteiger partial charge in [0.2, 0.25) is 5.91 Å². The first-order chi connectivity index (χ1) is 16.4. The Morgan fingerprint density at radius 2 is 1.88 bits per heavy atom. The number of thiophene rings is 1. The topological polar surface area (TPSA) is 82.5 Å². The fourth-order valence-corrected chi connectivity index (χ4v) is 5.13. The lowest BCUT2D eigenvalue weighted by Gasteiger charge is -2.15. The van der Waals surface area contributed by atoms with Crippen molar-refractivity contribution in [1.29, 1.82) is 0 Å². The summed E-state index contributed by atoms with van der Waals surface area (Å²) in [5.74, 6) is 1.20. The fourth-order valence-electron chi connectivity index (χ4n) is 3.53. The Morgan fingerprint density at radius 1 is 1.09 bits per heavy atom. The lowest BCUT2D eigenvalue weighted by molar-refractivity contribution is -0.118. The van der Waals surface area contributed by atoms with E-state index in [0.29, 0.717) is 33.4 Å². The van der Waals surface area contributed by atoms with Crippen molar-refractivity contribution in [1.82, 2.24) is 14.9 Å². The number of methoxy groups -OCH3 is 2. The molecule has 0 saturated carbocycles. The van der Waals surface area contributed by atoms with Gasteiger partial charge >= 0.3 is 0 Å². The Hall–Kier alpha value is -3.30. The maximum absolute atomic E-state index is 13.3. The van der Waals surface area contributed by atoms with E-state index >= 15 is 0 Å². The zero-order chi connectivity index (χ0) is 24.2. The monoisotopic (exact) mass is 495 g/mol. The summed E-state index contributed by atoms with van der Waals surface area (Å²) in [4.78, 5) is 30.7. The lowest BCUT2D eigenvalue weighted by atomic mass is 10.1. The zero-order valence-electron chi connectivity index (χ0n) is 19.4. The molecule has 0 aliphatic heterocycles. The second-order valence-corrected chi connectivity index (χ2v) is 9.57. The highest BCUT2D eigenvalue weighted by Crippen LogP contribution is 2.28. The molecule has 4 rings (SSSR count). The number of aryl methyl sites for hydroxylation is 2. The molecule has 7 nitrogen and oxygen atoms in total. The van der Waals surface area contributed by atoms with Crippen molar-refractivity contribution in [2.24, 2.45) is 0 Å². The van der Waals surface area contributed by atoms with Crippen LogP contribution in [0.4, 0.5) is 0 Å². The number of nitrogens with one attached hydrogen (secondary N) is 1. The normalized spacial score (nSPS) is 10.9. The molecule has 9 heteroatoms. The highest BCUT2D eigenvalue weighted by atomic mass is 32.2. The third-order valence-electron chi connectivity index (χ3n) is 5.32. The summed E-state index contributed by atoms with van der Waals surface area (Å²) >= 11 is 2.62. The van der Waals surface area contributed by atoms with Gasteiger partial charge in [0, 0.05) is 6.54 Å². The average molecular weight is 496 g/mol. The van der Waals surface area contributed by atoms with Crippen LogP contribution in [0.25, 0.3) is 15.9 Å². The van der Waals surface area contributed by atoms with Crippen LogP contribution >= 0.6 is 23.1 Å². The van der Waals surface area contributed by atoms with Crippen molar-refractivity contribution in [2.45, 2.75) is 25.5 Å². The third kappa shape index (κ3) is 4.95. The van der Waals surface area contributed by atoms with Gasteiger partial charge in [-0.1, -0.05) is 30.0 Å².